The van der Waals surface area contributed by atoms with Crippen LogP contribution in [0.1, 0.15) is 51.5 Å². The van der Waals surface area contributed by atoms with E-state index in [2.05, 4.69) is 36.6 Å². The maximum absolute atomic E-state index is 12.6. The van der Waals surface area contributed by atoms with Gasteiger partial charge in [0, 0.05) is 24.5 Å². The molecule has 1 amide bonds. The molecule has 1 heterocycles. The summed E-state index contributed by atoms with van der Waals surface area (Å²) < 4.78 is 26.7. The van der Waals surface area contributed by atoms with E-state index in [1.54, 1.807) is 31.2 Å². The number of nitrogens with zero attached hydrogens (tertiary/aromatic N) is 1. The molecule has 2 atom stereocenters. The van der Waals surface area contributed by atoms with Gasteiger partial charge in [0.15, 0.2) is 0 Å². The van der Waals surface area contributed by atoms with Crippen LogP contribution in [0.25, 0.3) is 0 Å². The fourth-order valence-corrected chi connectivity index (χ4v) is 5.01. The first-order valence-corrected chi connectivity index (χ1v) is 12.0. The van der Waals surface area contributed by atoms with Crippen LogP contribution in [0.4, 0.5) is 11.4 Å². The molecule has 30 heavy (non-hydrogen) atoms. The number of hydrogen-bond donors (Lipinski definition) is 2. The van der Waals surface area contributed by atoms with Crippen LogP contribution >= 0.6 is 0 Å². The third kappa shape index (κ3) is 5.21. The molecule has 0 radical (unpaired) electrons. The molecular formula is C23H31N3O3S. The molecule has 1 saturated heterocycles. The monoisotopic (exact) mass is 429 g/mol. The van der Waals surface area contributed by atoms with Crippen molar-refractivity contribution in [2.75, 3.05) is 23.7 Å². The molecule has 3 rings (SSSR count). The normalized spacial score (nSPS) is 16.8. The van der Waals surface area contributed by atoms with Gasteiger partial charge in [-0.1, -0.05) is 26.0 Å². The Bertz CT molecular complexity index is 950. The van der Waals surface area contributed by atoms with Crippen LogP contribution in [0, 0.1) is 0 Å². The van der Waals surface area contributed by atoms with E-state index in [0.717, 1.165) is 24.9 Å². The van der Waals surface area contributed by atoms with Crippen molar-refractivity contribution < 1.29 is 13.2 Å². The van der Waals surface area contributed by atoms with Gasteiger partial charge in [-0.2, -0.15) is 4.31 Å². The van der Waals surface area contributed by atoms with Gasteiger partial charge in [0.1, 0.15) is 6.04 Å². The lowest BCUT2D eigenvalue weighted by molar-refractivity contribution is -0.116. The van der Waals surface area contributed by atoms with Crippen molar-refractivity contribution in [2.24, 2.45) is 0 Å². The number of benzene rings is 2. The highest BCUT2D eigenvalue weighted by Crippen LogP contribution is 2.23. The lowest BCUT2D eigenvalue weighted by Crippen LogP contribution is -2.32. The van der Waals surface area contributed by atoms with Gasteiger partial charge in [0.2, 0.25) is 15.9 Å². The van der Waals surface area contributed by atoms with Gasteiger partial charge in [0.25, 0.3) is 0 Å². The van der Waals surface area contributed by atoms with Crippen molar-refractivity contribution in [3.05, 3.63) is 54.1 Å². The molecule has 162 valence electrons. The highest BCUT2D eigenvalue weighted by molar-refractivity contribution is 7.89. The van der Waals surface area contributed by atoms with E-state index in [4.69, 9.17) is 0 Å². The quantitative estimate of drug-likeness (QED) is 0.651. The molecule has 6 nitrogen and oxygen atoms in total. The Labute approximate surface area is 179 Å². The average Bonchev–Trinajstić information content (AvgIpc) is 3.30. The molecule has 2 aromatic rings. The average molecular weight is 430 g/mol. The Kier molecular flexibility index (Phi) is 7.15. The van der Waals surface area contributed by atoms with Crippen LogP contribution in [0.5, 0.6) is 0 Å². The summed E-state index contributed by atoms with van der Waals surface area (Å²) in [7, 11) is -3.44. The summed E-state index contributed by atoms with van der Waals surface area (Å²) in [6.07, 6.45) is 2.89. The molecule has 0 saturated carbocycles. The van der Waals surface area contributed by atoms with Crippen LogP contribution in [0.2, 0.25) is 0 Å². The number of anilines is 2. The van der Waals surface area contributed by atoms with Gasteiger partial charge < -0.3 is 10.6 Å². The minimum Gasteiger partial charge on any atom is -0.374 e. The zero-order valence-corrected chi connectivity index (χ0v) is 18.7. The molecule has 1 aliphatic rings. The van der Waals surface area contributed by atoms with Crippen molar-refractivity contribution in [2.45, 2.75) is 56.9 Å². The van der Waals surface area contributed by atoms with Gasteiger partial charge in [0.05, 0.1) is 4.90 Å². The van der Waals surface area contributed by atoms with Crippen molar-refractivity contribution >= 4 is 27.3 Å². The molecule has 0 bridgehead atoms. The third-order valence-electron chi connectivity index (χ3n) is 5.69. The van der Waals surface area contributed by atoms with Crippen LogP contribution in [0.3, 0.4) is 0 Å². The summed E-state index contributed by atoms with van der Waals surface area (Å²) in [6.45, 7) is 7.30. The molecule has 7 heteroatoms. The SMILES string of the molecule is CC[C@@H](C)c1ccc(N[C@H](C)C(=O)Nc2ccc(S(=O)(=O)N3CCCC3)cc2)cc1. The van der Waals surface area contributed by atoms with Crippen LogP contribution in [-0.4, -0.2) is 37.8 Å². The Morgan fingerprint density at radius 1 is 0.967 bits per heavy atom. The summed E-state index contributed by atoms with van der Waals surface area (Å²) in [5.41, 5.74) is 2.74. The Morgan fingerprint density at radius 3 is 2.10 bits per heavy atom. The number of sulfonamides is 1. The van der Waals surface area contributed by atoms with E-state index in [0.29, 0.717) is 24.7 Å². The second kappa shape index (κ2) is 9.62. The highest BCUT2D eigenvalue weighted by atomic mass is 32.2. The van der Waals surface area contributed by atoms with Gasteiger partial charge in [-0.3, -0.25) is 4.79 Å². The smallest absolute Gasteiger partial charge is 0.246 e. The second-order valence-electron chi connectivity index (χ2n) is 7.92. The van der Waals surface area contributed by atoms with Gasteiger partial charge in [-0.05, 0) is 74.1 Å². The zero-order chi connectivity index (χ0) is 21.7. The fourth-order valence-electron chi connectivity index (χ4n) is 3.50. The Balaban J connectivity index is 1.58. The standard InChI is InChI=1S/C23H31N3O3S/c1-4-17(2)19-7-9-20(10-8-19)24-18(3)23(27)25-21-11-13-22(14-12-21)30(28,29)26-15-5-6-16-26/h7-14,17-18,24H,4-6,15-16H2,1-3H3,(H,25,27)/t17-,18-/m1/s1. The molecule has 2 N–H and O–H groups in total. The van der Waals surface area contributed by atoms with Crippen LogP contribution in [0.15, 0.2) is 53.4 Å². The molecule has 0 spiro atoms. The number of carbonyl (C=O) groups excluding carboxylic acids is 1. The number of amides is 1. The number of hydrogen-bond acceptors (Lipinski definition) is 4. The van der Waals surface area contributed by atoms with Crippen LogP contribution in [-0.2, 0) is 14.8 Å². The molecule has 0 aromatic heterocycles. The van der Waals surface area contributed by atoms with Crippen molar-refractivity contribution in [1.29, 1.82) is 0 Å². The van der Waals surface area contributed by atoms with E-state index in [9.17, 15) is 13.2 Å². The summed E-state index contributed by atoms with van der Waals surface area (Å²) in [5.74, 6) is 0.327. The minimum absolute atomic E-state index is 0.184. The first-order valence-electron chi connectivity index (χ1n) is 10.6. The largest absolute Gasteiger partial charge is 0.374 e. The lowest BCUT2D eigenvalue weighted by Gasteiger charge is -2.17. The Morgan fingerprint density at radius 2 is 1.53 bits per heavy atom. The van der Waals surface area contributed by atoms with Gasteiger partial charge >= 0.3 is 0 Å². The van der Waals surface area contributed by atoms with E-state index >= 15 is 0 Å². The van der Waals surface area contributed by atoms with E-state index in [-0.39, 0.29) is 10.8 Å². The predicted octanol–water partition coefficient (Wildman–Crippen LogP) is 4.42. The number of carbonyl (C=O) groups is 1. The second-order valence-corrected chi connectivity index (χ2v) is 9.86. The van der Waals surface area contributed by atoms with E-state index < -0.39 is 16.1 Å². The Hall–Kier alpha value is -2.38. The van der Waals surface area contributed by atoms with Crippen molar-refractivity contribution in [1.82, 2.24) is 4.31 Å². The zero-order valence-electron chi connectivity index (χ0n) is 17.9. The summed E-state index contributed by atoms with van der Waals surface area (Å²) >= 11 is 0. The first-order chi connectivity index (χ1) is 14.3. The molecule has 0 unspecified atom stereocenters. The summed E-state index contributed by atoms with van der Waals surface area (Å²) in [6, 6.07) is 14.1. The number of rotatable bonds is 8. The minimum atomic E-state index is -3.44. The van der Waals surface area contributed by atoms with E-state index in [1.165, 1.54) is 9.87 Å². The fraction of sp³-hybridized carbons (Fsp3) is 0.435. The highest BCUT2D eigenvalue weighted by Gasteiger charge is 2.27. The maximum atomic E-state index is 12.6. The van der Waals surface area contributed by atoms with Gasteiger partial charge in [-0.15, -0.1) is 0 Å². The van der Waals surface area contributed by atoms with E-state index in [1.807, 2.05) is 12.1 Å². The maximum Gasteiger partial charge on any atom is 0.246 e. The number of nitrogens with one attached hydrogen (secondary N) is 2. The topological polar surface area (TPSA) is 78.5 Å². The molecule has 1 aliphatic heterocycles. The predicted molar refractivity (Wildman–Crippen MR) is 121 cm³/mol. The molecule has 1 fully saturated rings. The summed E-state index contributed by atoms with van der Waals surface area (Å²) in [4.78, 5) is 12.8. The first kappa shape index (κ1) is 22.3. The van der Waals surface area contributed by atoms with Gasteiger partial charge in [-0.25, -0.2) is 8.42 Å². The lowest BCUT2D eigenvalue weighted by atomic mass is 9.98. The third-order valence-corrected chi connectivity index (χ3v) is 7.61. The summed E-state index contributed by atoms with van der Waals surface area (Å²) in [5, 5.41) is 6.04. The van der Waals surface area contributed by atoms with Crippen molar-refractivity contribution in [3.8, 4) is 0 Å². The van der Waals surface area contributed by atoms with Crippen LogP contribution < -0.4 is 10.6 Å². The molecule has 0 aliphatic carbocycles. The molecule has 2 aromatic carbocycles. The molecular weight excluding hydrogens is 398 g/mol. The van der Waals surface area contributed by atoms with Crippen molar-refractivity contribution in [3.63, 3.8) is 0 Å².